The molecular weight excluding hydrogens is 246 g/mol. The van der Waals surface area contributed by atoms with Crippen molar-refractivity contribution in [2.24, 2.45) is 0 Å². The van der Waals surface area contributed by atoms with Crippen LogP contribution in [0.15, 0.2) is 58.3 Å². The van der Waals surface area contributed by atoms with Crippen molar-refractivity contribution >= 4 is 23.4 Å². The first-order chi connectivity index (χ1) is 8.70. The second-order valence-corrected chi connectivity index (χ2v) is 4.77. The molecule has 0 saturated heterocycles. The highest BCUT2D eigenvalue weighted by molar-refractivity contribution is 7.99. The normalized spacial score (nSPS) is 10.1. The van der Waals surface area contributed by atoms with E-state index in [4.69, 9.17) is 5.73 Å². The molecule has 2 aromatic carbocycles. The quantitative estimate of drug-likeness (QED) is 0.679. The summed E-state index contributed by atoms with van der Waals surface area (Å²) in [7, 11) is 1.35. The van der Waals surface area contributed by atoms with Gasteiger partial charge in [-0.05, 0) is 30.3 Å². The van der Waals surface area contributed by atoms with Gasteiger partial charge in [-0.1, -0.05) is 30.0 Å². The summed E-state index contributed by atoms with van der Waals surface area (Å²) < 4.78 is 4.65. The average molecular weight is 259 g/mol. The molecule has 2 N–H and O–H groups in total. The van der Waals surface area contributed by atoms with Crippen molar-refractivity contribution in [3.05, 3.63) is 54.1 Å². The lowest BCUT2D eigenvalue weighted by Crippen LogP contribution is -2.02. The van der Waals surface area contributed by atoms with Crippen LogP contribution in [0.5, 0.6) is 0 Å². The fourth-order valence-corrected chi connectivity index (χ4v) is 2.36. The van der Waals surface area contributed by atoms with Gasteiger partial charge >= 0.3 is 5.97 Å². The predicted octanol–water partition coefficient (Wildman–Crippen LogP) is 3.21. The maximum Gasteiger partial charge on any atom is 0.337 e. The number of hydrogen-bond donors (Lipinski definition) is 1. The topological polar surface area (TPSA) is 52.3 Å². The molecule has 0 aliphatic heterocycles. The standard InChI is InChI=1S/C14H13NO2S/c1-17-14(16)10-7-8-13(12(15)9-10)18-11-5-3-2-4-6-11/h2-9H,15H2,1H3. The van der Waals surface area contributed by atoms with Crippen LogP contribution >= 0.6 is 11.8 Å². The van der Waals surface area contributed by atoms with E-state index in [9.17, 15) is 4.79 Å². The molecule has 0 amide bonds. The Hall–Kier alpha value is -1.94. The van der Waals surface area contributed by atoms with Gasteiger partial charge in [0, 0.05) is 15.5 Å². The third-order valence-electron chi connectivity index (χ3n) is 2.40. The summed E-state index contributed by atoms with van der Waals surface area (Å²) in [6.07, 6.45) is 0. The zero-order valence-corrected chi connectivity index (χ0v) is 10.7. The van der Waals surface area contributed by atoms with Crippen LogP contribution in [0.2, 0.25) is 0 Å². The lowest BCUT2D eigenvalue weighted by molar-refractivity contribution is 0.0600. The minimum Gasteiger partial charge on any atom is -0.465 e. The Kier molecular flexibility index (Phi) is 3.89. The summed E-state index contributed by atoms with van der Waals surface area (Å²) in [4.78, 5) is 13.4. The number of methoxy groups -OCH3 is 1. The van der Waals surface area contributed by atoms with Crippen LogP contribution in [0, 0.1) is 0 Å². The molecule has 0 aliphatic carbocycles. The minimum absolute atomic E-state index is 0.377. The Morgan fingerprint density at radius 2 is 1.89 bits per heavy atom. The monoisotopic (exact) mass is 259 g/mol. The van der Waals surface area contributed by atoms with Gasteiger partial charge in [-0.25, -0.2) is 4.79 Å². The van der Waals surface area contributed by atoms with Crippen molar-refractivity contribution < 1.29 is 9.53 Å². The first kappa shape index (κ1) is 12.5. The van der Waals surface area contributed by atoms with Crippen molar-refractivity contribution in [2.75, 3.05) is 12.8 Å². The molecule has 0 radical (unpaired) electrons. The molecule has 92 valence electrons. The molecule has 2 aromatic rings. The molecule has 0 fully saturated rings. The summed E-state index contributed by atoms with van der Waals surface area (Å²) in [5.74, 6) is -0.377. The number of nitrogens with two attached hydrogens (primary N) is 1. The number of ether oxygens (including phenoxy) is 1. The van der Waals surface area contributed by atoms with Crippen molar-refractivity contribution in [2.45, 2.75) is 9.79 Å². The maximum absolute atomic E-state index is 11.4. The van der Waals surface area contributed by atoms with E-state index in [2.05, 4.69) is 4.74 Å². The van der Waals surface area contributed by atoms with Gasteiger partial charge in [0.15, 0.2) is 0 Å². The van der Waals surface area contributed by atoms with E-state index >= 15 is 0 Å². The Labute approximate surface area is 110 Å². The molecular formula is C14H13NO2S. The number of hydrogen-bond acceptors (Lipinski definition) is 4. The van der Waals surface area contributed by atoms with Gasteiger partial charge in [-0.2, -0.15) is 0 Å². The summed E-state index contributed by atoms with van der Waals surface area (Å²) in [6, 6.07) is 15.1. The van der Waals surface area contributed by atoms with Gasteiger partial charge in [-0.15, -0.1) is 0 Å². The highest BCUT2D eigenvalue weighted by atomic mass is 32.2. The van der Waals surface area contributed by atoms with E-state index in [1.54, 1.807) is 23.9 Å². The molecule has 0 atom stereocenters. The van der Waals surface area contributed by atoms with Crippen LogP contribution in [0.25, 0.3) is 0 Å². The third kappa shape index (κ3) is 2.84. The first-order valence-corrected chi connectivity index (χ1v) is 6.23. The van der Waals surface area contributed by atoms with Gasteiger partial charge < -0.3 is 10.5 Å². The highest BCUT2D eigenvalue weighted by Gasteiger charge is 2.08. The van der Waals surface area contributed by atoms with E-state index < -0.39 is 0 Å². The number of nitrogen functional groups attached to an aromatic ring is 1. The summed E-state index contributed by atoms with van der Waals surface area (Å²) in [5, 5.41) is 0. The molecule has 2 rings (SSSR count). The Balaban J connectivity index is 2.23. The second kappa shape index (κ2) is 5.60. The number of rotatable bonds is 3. The Bertz CT molecular complexity index is 555. The van der Waals surface area contributed by atoms with Gasteiger partial charge in [-0.3, -0.25) is 0 Å². The molecule has 18 heavy (non-hydrogen) atoms. The van der Waals surface area contributed by atoms with Crippen LogP contribution in [0.1, 0.15) is 10.4 Å². The van der Waals surface area contributed by atoms with Crippen LogP contribution < -0.4 is 5.73 Å². The summed E-state index contributed by atoms with van der Waals surface area (Å²) in [5.41, 5.74) is 6.97. The van der Waals surface area contributed by atoms with Crippen molar-refractivity contribution in [3.63, 3.8) is 0 Å². The number of anilines is 1. The lowest BCUT2D eigenvalue weighted by Gasteiger charge is -2.07. The maximum atomic E-state index is 11.4. The number of carbonyl (C=O) groups is 1. The van der Waals surface area contributed by atoms with Gasteiger partial charge in [0.25, 0.3) is 0 Å². The SMILES string of the molecule is COC(=O)c1ccc(Sc2ccccc2)c(N)c1. The fraction of sp³-hybridized carbons (Fsp3) is 0.0714. The molecule has 0 unspecified atom stereocenters. The number of esters is 1. The Morgan fingerprint density at radius 1 is 1.17 bits per heavy atom. The second-order valence-electron chi connectivity index (χ2n) is 3.66. The summed E-state index contributed by atoms with van der Waals surface area (Å²) in [6.45, 7) is 0. The van der Waals surface area contributed by atoms with Crippen LogP contribution in [-0.4, -0.2) is 13.1 Å². The molecule has 0 bridgehead atoms. The minimum atomic E-state index is -0.377. The summed E-state index contributed by atoms with van der Waals surface area (Å²) >= 11 is 1.57. The van der Waals surface area contributed by atoms with E-state index in [0.717, 1.165) is 9.79 Å². The van der Waals surface area contributed by atoms with E-state index in [-0.39, 0.29) is 5.97 Å². The fourth-order valence-electron chi connectivity index (χ4n) is 1.50. The van der Waals surface area contributed by atoms with Crippen molar-refractivity contribution in [1.82, 2.24) is 0 Å². The smallest absolute Gasteiger partial charge is 0.337 e. The van der Waals surface area contributed by atoms with Gasteiger partial charge in [0.1, 0.15) is 0 Å². The predicted molar refractivity (Wildman–Crippen MR) is 72.8 cm³/mol. The number of benzene rings is 2. The van der Waals surface area contributed by atoms with E-state index in [1.807, 2.05) is 36.4 Å². The third-order valence-corrected chi connectivity index (χ3v) is 3.50. The van der Waals surface area contributed by atoms with Crippen LogP contribution in [0.3, 0.4) is 0 Å². The van der Waals surface area contributed by atoms with Crippen LogP contribution in [-0.2, 0) is 4.74 Å². The molecule has 3 nitrogen and oxygen atoms in total. The zero-order valence-electron chi connectivity index (χ0n) is 9.92. The van der Waals surface area contributed by atoms with Gasteiger partial charge in [0.05, 0.1) is 12.7 Å². The van der Waals surface area contributed by atoms with E-state index in [0.29, 0.717) is 11.3 Å². The molecule has 0 aromatic heterocycles. The Morgan fingerprint density at radius 3 is 2.50 bits per heavy atom. The molecule has 0 saturated carbocycles. The molecule has 4 heteroatoms. The van der Waals surface area contributed by atoms with Crippen LogP contribution in [0.4, 0.5) is 5.69 Å². The van der Waals surface area contributed by atoms with Crippen molar-refractivity contribution in [3.8, 4) is 0 Å². The van der Waals surface area contributed by atoms with E-state index in [1.165, 1.54) is 7.11 Å². The van der Waals surface area contributed by atoms with Gasteiger partial charge in [0.2, 0.25) is 0 Å². The molecule has 0 spiro atoms. The largest absolute Gasteiger partial charge is 0.465 e. The lowest BCUT2D eigenvalue weighted by atomic mass is 10.2. The molecule has 0 aliphatic rings. The highest BCUT2D eigenvalue weighted by Crippen LogP contribution is 2.32. The van der Waals surface area contributed by atoms with Crippen molar-refractivity contribution in [1.29, 1.82) is 0 Å². The average Bonchev–Trinajstić information content (AvgIpc) is 2.41. The molecule has 0 heterocycles. The first-order valence-electron chi connectivity index (χ1n) is 5.41. The number of carbonyl (C=O) groups excluding carboxylic acids is 1. The zero-order chi connectivity index (χ0) is 13.0.